The summed E-state index contributed by atoms with van der Waals surface area (Å²) in [5.41, 5.74) is 8.62. The van der Waals surface area contributed by atoms with Crippen molar-refractivity contribution in [3.8, 4) is 0 Å². The second-order valence-corrected chi connectivity index (χ2v) is 6.64. The van der Waals surface area contributed by atoms with Gasteiger partial charge in [0.15, 0.2) is 0 Å². The number of nitrogen functional groups attached to an aromatic ring is 1. The molecule has 0 spiro atoms. The number of anilines is 1. The van der Waals surface area contributed by atoms with Gasteiger partial charge < -0.3 is 10.6 Å². The molecule has 26 heavy (non-hydrogen) atoms. The lowest BCUT2D eigenvalue weighted by Crippen LogP contribution is -2.48. The lowest BCUT2D eigenvalue weighted by Gasteiger charge is -2.35. The number of nitrogens with two attached hydrogens (primary N) is 1. The summed E-state index contributed by atoms with van der Waals surface area (Å²) in [7, 11) is 0. The predicted octanol–water partition coefficient (Wildman–Crippen LogP) is 3.65. The van der Waals surface area contributed by atoms with Crippen molar-refractivity contribution in [2.75, 3.05) is 31.9 Å². The fourth-order valence-corrected chi connectivity index (χ4v) is 3.18. The van der Waals surface area contributed by atoms with Crippen molar-refractivity contribution in [1.29, 1.82) is 0 Å². The maximum Gasteiger partial charge on any atom is 0.227 e. The van der Waals surface area contributed by atoms with Crippen LogP contribution in [0.5, 0.6) is 0 Å². The molecule has 1 heterocycles. The first kappa shape index (κ1) is 22.6. The first-order chi connectivity index (χ1) is 11.6. The third-order valence-corrected chi connectivity index (χ3v) is 4.59. The predicted molar refractivity (Wildman–Crippen MR) is 112 cm³/mol. The van der Waals surface area contributed by atoms with E-state index in [1.807, 2.05) is 47.4 Å². The van der Waals surface area contributed by atoms with E-state index >= 15 is 0 Å². The van der Waals surface area contributed by atoms with Gasteiger partial charge in [0.05, 0.1) is 6.42 Å². The second-order valence-electron chi connectivity index (χ2n) is 6.21. The molecule has 1 aliphatic rings. The van der Waals surface area contributed by atoms with Crippen LogP contribution in [-0.2, 0) is 17.8 Å². The topological polar surface area (TPSA) is 49.6 Å². The largest absolute Gasteiger partial charge is 0.399 e. The van der Waals surface area contributed by atoms with Gasteiger partial charge in [-0.15, -0.1) is 24.8 Å². The fraction of sp³-hybridized carbons (Fsp3) is 0.316. The number of hydrogen-bond acceptors (Lipinski definition) is 3. The van der Waals surface area contributed by atoms with E-state index in [0.717, 1.165) is 49.0 Å². The molecule has 1 saturated heterocycles. The van der Waals surface area contributed by atoms with E-state index in [4.69, 9.17) is 17.3 Å². The summed E-state index contributed by atoms with van der Waals surface area (Å²) in [5.74, 6) is 0.183. The van der Waals surface area contributed by atoms with Gasteiger partial charge in [-0.2, -0.15) is 0 Å². The van der Waals surface area contributed by atoms with Gasteiger partial charge in [0.2, 0.25) is 5.91 Å². The van der Waals surface area contributed by atoms with Crippen LogP contribution in [0.15, 0.2) is 48.5 Å². The summed E-state index contributed by atoms with van der Waals surface area (Å²) in [5, 5.41) is 0.768. The first-order valence-corrected chi connectivity index (χ1v) is 8.57. The van der Waals surface area contributed by atoms with E-state index in [2.05, 4.69) is 11.0 Å². The van der Waals surface area contributed by atoms with Crippen LogP contribution < -0.4 is 5.73 Å². The molecule has 0 radical (unpaired) electrons. The fourth-order valence-electron chi connectivity index (χ4n) is 2.97. The highest BCUT2D eigenvalue weighted by atomic mass is 35.5. The summed E-state index contributed by atoms with van der Waals surface area (Å²) in [6, 6.07) is 15.5. The quantitative estimate of drug-likeness (QED) is 0.774. The Bertz CT molecular complexity index is 701. The van der Waals surface area contributed by atoms with Crippen molar-refractivity contribution in [2.24, 2.45) is 0 Å². The number of carbonyl (C=O) groups excluding carboxylic acids is 1. The molecule has 4 nitrogen and oxygen atoms in total. The molecule has 1 aliphatic heterocycles. The maximum absolute atomic E-state index is 12.4. The molecule has 0 unspecified atom stereocenters. The molecule has 3 rings (SSSR count). The third-order valence-electron chi connectivity index (χ3n) is 4.36. The van der Waals surface area contributed by atoms with E-state index < -0.39 is 0 Å². The lowest BCUT2D eigenvalue weighted by atomic mass is 10.1. The Balaban J connectivity index is 0.00000169. The Hall–Kier alpha value is -1.46. The number of piperazine rings is 1. The molecule has 0 aliphatic carbocycles. The Labute approximate surface area is 172 Å². The summed E-state index contributed by atoms with van der Waals surface area (Å²) in [6.45, 7) is 4.20. The third kappa shape index (κ3) is 6.36. The van der Waals surface area contributed by atoms with Crippen molar-refractivity contribution >= 4 is 48.0 Å². The van der Waals surface area contributed by atoms with E-state index in [1.165, 1.54) is 5.56 Å². The minimum Gasteiger partial charge on any atom is -0.399 e. The number of rotatable bonds is 4. The molecular formula is C19H24Cl3N3O. The van der Waals surface area contributed by atoms with Crippen molar-refractivity contribution < 1.29 is 4.79 Å². The maximum atomic E-state index is 12.4. The van der Waals surface area contributed by atoms with Gasteiger partial charge in [-0.25, -0.2) is 0 Å². The SMILES string of the molecule is Cl.Cl.Nc1ccc(CC(=O)N2CCN(Cc3cccc(Cl)c3)CC2)cc1. The highest BCUT2D eigenvalue weighted by Crippen LogP contribution is 2.15. The molecule has 1 fully saturated rings. The van der Waals surface area contributed by atoms with Gasteiger partial charge in [0.1, 0.15) is 0 Å². The molecule has 1 amide bonds. The van der Waals surface area contributed by atoms with Crippen LogP contribution in [0.25, 0.3) is 0 Å². The Morgan fingerprint density at radius 1 is 0.962 bits per heavy atom. The van der Waals surface area contributed by atoms with Crippen molar-refractivity contribution in [1.82, 2.24) is 9.80 Å². The van der Waals surface area contributed by atoms with Crippen LogP contribution in [0.2, 0.25) is 5.02 Å². The molecule has 0 saturated carbocycles. The summed E-state index contributed by atoms with van der Waals surface area (Å²) >= 11 is 6.03. The Kier molecular flexibility index (Phi) is 9.23. The van der Waals surface area contributed by atoms with Crippen molar-refractivity contribution in [3.63, 3.8) is 0 Å². The minimum absolute atomic E-state index is 0. The van der Waals surface area contributed by atoms with Gasteiger partial charge in [-0.05, 0) is 35.4 Å². The van der Waals surface area contributed by atoms with Crippen LogP contribution in [0.3, 0.4) is 0 Å². The Morgan fingerprint density at radius 2 is 1.62 bits per heavy atom. The van der Waals surface area contributed by atoms with Gasteiger partial charge >= 0.3 is 0 Å². The van der Waals surface area contributed by atoms with Crippen LogP contribution in [0, 0.1) is 0 Å². The number of nitrogens with zero attached hydrogens (tertiary/aromatic N) is 2. The van der Waals surface area contributed by atoms with E-state index in [0.29, 0.717) is 6.42 Å². The molecular weight excluding hydrogens is 393 g/mol. The highest BCUT2D eigenvalue weighted by molar-refractivity contribution is 6.30. The number of benzene rings is 2. The zero-order valence-electron chi connectivity index (χ0n) is 14.4. The molecule has 0 atom stereocenters. The Morgan fingerprint density at radius 3 is 2.23 bits per heavy atom. The van der Waals surface area contributed by atoms with Gasteiger partial charge in [-0.1, -0.05) is 35.9 Å². The van der Waals surface area contributed by atoms with Crippen LogP contribution in [0.1, 0.15) is 11.1 Å². The summed E-state index contributed by atoms with van der Waals surface area (Å²) < 4.78 is 0. The van der Waals surface area contributed by atoms with Crippen molar-refractivity contribution in [3.05, 3.63) is 64.7 Å². The zero-order chi connectivity index (χ0) is 16.9. The molecule has 2 N–H and O–H groups in total. The van der Waals surface area contributed by atoms with Crippen LogP contribution >= 0.6 is 36.4 Å². The lowest BCUT2D eigenvalue weighted by molar-refractivity contribution is -0.132. The molecule has 0 aromatic heterocycles. The van der Waals surface area contributed by atoms with E-state index in [-0.39, 0.29) is 30.7 Å². The molecule has 2 aromatic carbocycles. The summed E-state index contributed by atoms with van der Waals surface area (Å²) in [4.78, 5) is 16.7. The average Bonchev–Trinajstić information content (AvgIpc) is 2.57. The van der Waals surface area contributed by atoms with Gasteiger partial charge in [0, 0.05) is 43.4 Å². The normalized spacial score (nSPS) is 14.3. The van der Waals surface area contributed by atoms with Crippen LogP contribution in [-0.4, -0.2) is 41.9 Å². The molecule has 142 valence electrons. The van der Waals surface area contributed by atoms with Crippen molar-refractivity contribution in [2.45, 2.75) is 13.0 Å². The monoisotopic (exact) mass is 415 g/mol. The number of halogens is 3. The number of hydrogen-bond donors (Lipinski definition) is 1. The van der Waals surface area contributed by atoms with E-state index in [9.17, 15) is 4.79 Å². The standard InChI is InChI=1S/C19H22ClN3O.2ClH/c20-17-3-1-2-16(12-17)14-22-8-10-23(11-9-22)19(24)13-15-4-6-18(21)7-5-15;;/h1-7,12H,8-11,13-14,21H2;2*1H. The number of carbonyl (C=O) groups is 1. The second kappa shape index (κ2) is 10.6. The first-order valence-electron chi connectivity index (χ1n) is 8.19. The minimum atomic E-state index is 0. The molecule has 2 aromatic rings. The zero-order valence-corrected chi connectivity index (χ0v) is 16.8. The van der Waals surface area contributed by atoms with E-state index in [1.54, 1.807) is 0 Å². The summed E-state index contributed by atoms with van der Waals surface area (Å²) in [6.07, 6.45) is 0.439. The van der Waals surface area contributed by atoms with Gasteiger partial charge in [0.25, 0.3) is 0 Å². The smallest absolute Gasteiger partial charge is 0.227 e. The molecule has 7 heteroatoms. The van der Waals surface area contributed by atoms with Gasteiger partial charge in [-0.3, -0.25) is 9.69 Å². The highest BCUT2D eigenvalue weighted by Gasteiger charge is 2.21. The average molecular weight is 417 g/mol. The van der Waals surface area contributed by atoms with Crippen LogP contribution in [0.4, 0.5) is 5.69 Å². The molecule has 0 bridgehead atoms. The number of amides is 1.